The van der Waals surface area contributed by atoms with E-state index in [0.717, 1.165) is 35.2 Å². The molecule has 1 N–H and O–H groups in total. The van der Waals surface area contributed by atoms with Crippen LogP contribution in [-0.4, -0.2) is 40.6 Å². The fourth-order valence-electron chi connectivity index (χ4n) is 4.29. The number of nitrogens with zero attached hydrogens (tertiary/aromatic N) is 2. The average molecular weight is 398 g/mol. The maximum Gasteiger partial charge on any atom is 0.145 e. The van der Waals surface area contributed by atoms with E-state index in [9.17, 15) is 0 Å². The maximum atomic E-state index is 6.35. The number of hydrogen-bond acceptors (Lipinski definition) is 3. The number of para-hydroxylation sites is 1. The third kappa shape index (κ3) is 3.51. The summed E-state index contributed by atoms with van der Waals surface area (Å²) in [6.45, 7) is 9.15. The average Bonchev–Trinajstić information content (AvgIpc) is 3.11. The molecule has 4 rings (SSSR count). The topological polar surface area (TPSA) is 41.1 Å². The Kier molecular flexibility index (Phi) is 5.11. The van der Waals surface area contributed by atoms with Crippen molar-refractivity contribution in [3.05, 3.63) is 47.2 Å². The summed E-state index contributed by atoms with van der Waals surface area (Å²) in [5, 5.41) is 1.74. The largest absolute Gasteiger partial charge is 0.495 e. The molecule has 148 valence electrons. The molecule has 1 aliphatic rings. The van der Waals surface area contributed by atoms with Crippen LogP contribution in [-0.2, 0) is 0 Å². The number of methoxy groups -OCH3 is 1. The van der Waals surface area contributed by atoms with E-state index in [0.29, 0.717) is 16.7 Å². The lowest BCUT2D eigenvalue weighted by Gasteiger charge is -2.40. The van der Waals surface area contributed by atoms with Gasteiger partial charge in [-0.2, -0.15) is 0 Å². The first-order valence-electron chi connectivity index (χ1n) is 9.94. The van der Waals surface area contributed by atoms with Gasteiger partial charge in [0.15, 0.2) is 0 Å². The van der Waals surface area contributed by atoms with Crippen LogP contribution in [0.5, 0.6) is 5.75 Å². The minimum atomic E-state index is 0.239. The predicted octanol–water partition coefficient (Wildman–Crippen LogP) is 5.87. The van der Waals surface area contributed by atoms with Gasteiger partial charge in [-0.25, -0.2) is 4.98 Å². The first-order chi connectivity index (χ1) is 13.4. The van der Waals surface area contributed by atoms with Gasteiger partial charge >= 0.3 is 0 Å². The zero-order valence-corrected chi connectivity index (χ0v) is 17.8. The van der Waals surface area contributed by atoms with Crippen LogP contribution in [0.15, 0.2) is 36.5 Å². The molecule has 1 saturated heterocycles. The molecule has 3 heterocycles. The highest BCUT2D eigenvalue weighted by Crippen LogP contribution is 2.40. The monoisotopic (exact) mass is 397 g/mol. The third-order valence-corrected chi connectivity index (χ3v) is 6.20. The summed E-state index contributed by atoms with van der Waals surface area (Å²) in [6, 6.07) is 10.2. The molecule has 1 aliphatic heterocycles. The molecule has 5 heteroatoms. The van der Waals surface area contributed by atoms with Gasteiger partial charge in [-0.3, -0.25) is 4.90 Å². The Hall–Kier alpha value is -2.04. The molecule has 1 aromatic carbocycles. The lowest BCUT2D eigenvalue weighted by atomic mass is 9.90. The highest BCUT2D eigenvalue weighted by molar-refractivity contribution is 6.32. The number of rotatable bonds is 3. The molecule has 4 nitrogen and oxygen atoms in total. The number of nitrogens with one attached hydrogen (secondary N) is 1. The number of halogens is 1. The minimum Gasteiger partial charge on any atom is -0.495 e. The smallest absolute Gasteiger partial charge is 0.145 e. The van der Waals surface area contributed by atoms with Crippen LogP contribution in [0.25, 0.3) is 22.2 Å². The third-order valence-electron chi connectivity index (χ3n) is 5.90. The summed E-state index contributed by atoms with van der Waals surface area (Å²) < 4.78 is 5.58. The molecule has 0 spiro atoms. The van der Waals surface area contributed by atoms with Crippen LogP contribution in [0.1, 0.15) is 45.2 Å². The van der Waals surface area contributed by atoms with Gasteiger partial charge in [0, 0.05) is 34.3 Å². The minimum absolute atomic E-state index is 0.239. The van der Waals surface area contributed by atoms with E-state index in [1.165, 1.54) is 18.5 Å². The zero-order valence-electron chi connectivity index (χ0n) is 17.1. The summed E-state index contributed by atoms with van der Waals surface area (Å²) in [5.41, 5.74) is 4.54. The van der Waals surface area contributed by atoms with E-state index in [1.54, 1.807) is 7.11 Å². The van der Waals surface area contributed by atoms with E-state index >= 15 is 0 Å². The first kappa shape index (κ1) is 19.3. The predicted molar refractivity (Wildman–Crippen MR) is 116 cm³/mol. The molecule has 3 aromatic rings. The molecule has 0 amide bonds. The number of aromatic nitrogens is 2. The maximum absolute atomic E-state index is 6.35. The number of benzene rings is 1. The van der Waals surface area contributed by atoms with Crippen LogP contribution in [0.3, 0.4) is 0 Å². The number of pyridine rings is 1. The highest BCUT2D eigenvalue weighted by atomic mass is 35.5. The molecule has 1 fully saturated rings. The van der Waals surface area contributed by atoms with Gasteiger partial charge in [0.2, 0.25) is 0 Å². The van der Waals surface area contributed by atoms with E-state index in [1.807, 2.05) is 30.5 Å². The van der Waals surface area contributed by atoms with Crippen molar-refractivity contribution in [1.82, 2.24) is 14.9 Å². The summed E-state index contributed by atoms with van der Waals surface area (Å²) >= 11 is 6.35. The van der Waals surface area contributed by atoms with E-state index < -0.39 is 0 Å². The number of ether oxygens (including phenoxy) is 1. The Morgan fingerprint density at radius 3 is 2.57 bits per heavy atom. The molecule has 0 aliphatic carbocycles. The Balaban J connectivity index is 1.68. The number of fused-ring (bicyclic) bond motifs is 1. The molecular weight excluding hydrogens is 370 g/mol. The van der Waals surface area contributed by atoms with E-state index in [2.05, 4.69) is 41.7 Å². The van der Waals surface area contributed by atoms with Crippen molar-refractivity contribution in [2.45, 2.75) is 45.1 Å². The number of hydrogen-bond donors (Lipinski definition) is 1. The molecule has 0 atom stereocenters. The van der Waals surface area contributed by atoms with Crippen LogP contribution in [0.4, 0.5) is 0 Å². The second-order valence-electron chi connectivity index (χ2n) is 8.60. The fraction of sp³-hybridized carbons (Fsp3) is 0.435. The van der Waals surface area contributed by atoms with Crippen LogP contribution in [0, 0.1) is 0 Å². The van der Waals surface area contributed by atoms with Gasteiger partial charge in [-0.1, -0.05) is 23.7 Å². The van der Waals surface area contributed by atoms with Crippen LogP contribution in [0.2, 0.25) is 5.02 Å². The van der Waals surface area contributed by atoms with Crippen LogP contribution >= 0.6 is 11.6 Å². The van der Waals surface area contributed by atoms with Crippen molar-refractivity contribution in [2.75, 3.05) is 20.2 Å². The van der Waals surface area contributed by atoms with E-state index in [-0.39, 0.29) is 5.54 Å². The molecule has 0 bridgehead atoms. The van der Waals surface area contributed by atoms with Crippen molar-refractivity contribution in [1.29, 1.82) is 0 Å². The number of piperidine rings is 1. The Bertz CT molecular complexity index is 981. The van der Waals surface area contributed by atoms with Crippen molar-refractivity contribution < 1.29 is 4.74 Å². The first-order valence-corrected chi connectivity index (χ1v) is 10.3. The second-order valence-corrected chi connectivity index (χ2v) is 9.01. The Morgan fingerprint density at radius 1 is 1.14 bits per heavy atom. The molecule has 28 heavy (non-hydrogen) atoms. The van der Waals surface area contributed by atoms with Gasteiger partial charge in [0.05, 0.1) is 12.1 Å². The number of H-pyrrole nitrogens is 1. The zero-order chi connectivity index (χ0) is 19.9. The highest BCUT2D eigenvalue weighted by Gasteiger charge is 2.28. The molecule has 2 aromatic heterocycles. The lowest BCUT2D eigenvalue weighted by Crippen LogP contribution is -2.45. The standard InChI is InChI=1S/C23H28ClN3O/c1-23(2,3)27-12-9-15(10-13-27)20-14-18-16(8-11-25-22(18)26-20)17-6-5-7-19(24)21(17)28-4/h5-8,11,14-15H,9-10,12-13H2,1-4H3,(H,25,26). The quantitative estimate of drug-likeness (QED) is 0.600. The normalized spacial score (nSPS) is 16.6. The van der Waals surface area contributed by atoms with Crippen molar-refractivity contribution in [3.63, 3.8) is 0 Å². The number of aromatic amines is 1. The lowest BCUT2D eigenvalue weighted by molar-refractivity contribution is 0.102. The van der Waals surface area contributed by atoms with Gasteiger partial charge in [-0.05, 0) is 70.5 Å². The van der Waals surface area contributed by atoms with Gasteiger partial charge in [0.1, 0.15) is 11.4 Å². The number of likely N-dealkylation sites (tertiary alicyclic amines) is 1. The fourth-order valence-corrected chi connectivity index (χ4v) is 4.54. The molecule has 0 saturated carbocycles. The van der Waals surface area contributed by atoms with Crippen molar-refractivity contribution in [2.24, 2.45) is 0 Å². The van der Waals surface area contributed by atoms with Crippen molar-refractivity contribution >= 4 is 22.6 Å². The molecular formula is C23H28ClN3O. The summed E-state index contributed by atoms with van der Waals surface area (Å²) in [6.07, 6.45) is 4.18. The summed E-state index contributed by atoms with van der Waals surface area (Å²) in [5.74, 6) is 1.25. The summed E-state index contributed by atoms with van der Waals surface area (Å²) in [7, 11) is 1.66. The second kappa shape index (κ2) is 7.41. The SMILES string of the molecule is COc1c(Cl)cccc1-c1ccnc2[nH]c(C3CCN(C(C)(C)C)CC3)cc12. The summed E-state index contributed by atoms with van der Waals surface area (Å²) in [4.78, 5) is 10.7. The Morgan fingerprint density at radius 2 is 1.89 bits per heavy atom. The van der Waals surface area contributed by atoms with Gasteiger partial charge in [-0.15, -0.1) is 0 Å². The Labute approximate surface area is 171 Å². The van der Waals surface area contributed by atoms with Crippen molar-refractivity contribution in [3.8, 4) is 16.9 Å². The van der Waals surface area contributed by atoms with Gasteiger partial charge in [0.25, 0.3) is 0 Å². The van der Waals surface area contributed by atoms with E-state index in [4.69, 9.17) is 16.3 Å². The molecule has 0 radical (unpaired) electrons. The van der Waals surface area contributed by atoms with Crippen LogP contribution < -0.4 is 4.74 Å². The molecule has 0 unspecified atom stereocenters. The van der Waals surface area contributed by atoms with Gasteiger partial charge < -0.3 is 9.72 Å².